The summed E-state index contributed by atoms with van der Waals surface area (Å²) in [6.45, 7) is 6.18. The molecule has 1 saturated carbocycles. The van der Waals surface area contributed by atoms with Gasteiger partial charge in [0.05, 0.1) is 29.5 Å². The van der Waals surface area contributed by atoms with Crippen LogP contribution >= 0.6 is 0 Å². The molecule has 1 amide bonds. The molecule has 35 heavy (non-hydrogen) atoms. The Hall–Kier alpha value is -3.23. The van der Waals surface area contributed by atoms with E-state index in [1.165, 1.54) is 0 Å². The number of nitrogens with zero attached hydrogens (tertiary/aromatic N) is 4. The number of carbonyl (C=O) groups excluding carboxylic acids is 1. The Kier molecular flexibility index (Phi) is 6.83. The summed E-state index contributed by atoms with van der Waals surface area (Å²) >= 11 is 0. The highest BCUT2D eigenvalue weighted by Gasteiger charge is 2.27. The summed E-state index contributed by atoms with van der Waals surface area (Å²) in [5.41, 5.74) is 3.71. The molecule has 2 N–H and O–H groups in total. The molecule has 0 radical (unpaired) electrons. The van der Waals surface area contributed by atoms with Crippen molar-refractivity contribution >= 4 is 17.1 Å². The first-order valence-corrected chi connectivity index (χ1v) is 12.5. The Morgan fingerprint density at radius 2 is 1.91 bits per heavy atom. The number of aliphatic hydroxyl groups excluding tert-OH is 1. The molecule has 184 valence electrons. The van der Waals surface area contributed by atoms with Crippen LogP contribution in [0, 0.1) is 6.92 Å². The third kappa shape index (κ3) is 5.09. The largest absolute Gasteiger partial charge is 0.391 e. The lowest BCUT2D eigenvalue weighted by Crippen LogP contribution is -2.47. The second-order valence-electron chi connectivity index (χ2n) is 9.70. The first kappa shape index (κ1) is 23.5. The van der Waals surface area contributed by atoms with Crippen molar-refractivity contribution < 1.29 is 9.90 Å². The highest BCUT2D eigenvalue weighted by Crippen LogP contribution is 2.21. The second kappa shape index (κ2) is 10.2. The highest BCUT2D eigenvalue weighted by molar-refractivity contribution is 5.94. The number of hydrogen-bond acceptors (Lipinski definition) is 6. The normalized spacial score (nSPS) is 21.3. The number of pyridine rings is 3. The van der Waals surface area contributed by atoms with Crippen LogP contribution in [-0.2, 0) is 6.54 Å². The molecule has 8 nitrogen and oxygen atoms in total. The zero-order valence-electron chi connectivity index (χ0n) is 20.2. The molecule has 2 aliphatic rings. The topological polar surface area (TPSA) is 90.2 Å². The highest BCUT2D eigenvalue weighted by atomic mass is 16.3. The number of fused-ring (bicyclic) bond motifs is 1. The second-order valence-corrected chi connectivity index (χ2v) is 9.70. The molecule has 8 heteroatoms. The molecule has 0 bridgehead atoms. The standard InChI is InChI=1S/C27H33N5O3/c1-19-9-10-21(17-28-19)31-14-12-30(13-15-31)18-20-16-22(27(35)32-11-5-4-7-24(20)32)26(34)29-23-6-2-3-8-25(23)33/h4-5,7,9-11,16-17,23,25,33H,2-3,6,8,12-15,18H2,1H3,(H,29,34)/t23-,25-/m0/s1. The molecule has 0 unspecified atom stereocenters. The third-order valence-corrected chi connectivity index (χ3v) is 7.27. The fourth-order valence-corrected chi connectivity index (χ4v) is 5.19. The maximum absolute atomic E-state index is 13.2. The average Bonchev–Trinajstić information content (AvgIpc) is 2.88. The molecule has 3 aromatic rings. The third-order valence-electron chi connectivity index (χ3n) is 7.27. The average molecular weight is 476 g/mol. The van der Waals surface area contributed by atoms with E-state index in [0.29, 0.717) is 13.0 Å². The predicted molar refractivity (Wildman–Crippen MR) is 136 cm³/mol. The number of hydrogen-bond donors (Lipinski definition) is 2. The van der Waals surface area contributed by atoms with Crippen molar-refractivity contribution in [3.8, 4) is 0 Å². The lowest BCUT2D eigenvalue weighted by atomic mass is 9.92. The fraction of sp³-hybridized carbons (Fsp3) is 0.444. The molecule has 0 aromatic carbocycles. The Morgan fingerprint density at radius 1 is 1.11 bits per heavy atom. The molecule has 5 rings (SSSR count). The number of amides is 1. The van der Waals surface area contributed by atoms with E-state index in [2.05, 4.69) is 26.2 Å². The number of carbonyl (C=O) groups is 1. The minimum Gasteiger partial charge on any atom is -0.391 e. The summed E-state index contributed by atoms with van der Waals surface area (Å²) in [5, 5.41) is 13.2. The van der Waals surface area contributed by atoms with Gasteiger partial charge in [-0.25, -0.2) is 0 Å². The number of nitrogens with one attached hydrogen (secondary N) is 1. The smallest absolute Gasteiger partial charge is 0.267 e. The summed E-state index contributed by atoms with van der Waals surface area (Å²) in [6.07, 6.45) is 6.42. The van der Waals surface area contributed by atoms with E-state index in [0.717, 1.165) is 67.9 Å². The lowest BCUT2D eigenvalue weighted by Gasteiger charge is -2.36. The Labute approximate surface area is 205 Å². The molecular weight excluding hydrogens is 442 g/mol. The van der Waals surface area contributed by atoms with Crippen LogP contribution in [0.15, 0.2) is 53.6 Å². The van der Waals surface area contributed by atoms with Crippen LogP contribution in [0.25, 0.3) is 5.52 Å². The molecule has 1 aliphatic heterocycles. The summed E-state index contributed by atoms with van der Waals surface area (Å²) in [7, 11) is 0. The summed E-state index contributed by atoms with van der Waals surface area (Å²) in [4.78, 5) is 35.4. The summed E-state index contributed by atoms with van der Waals surface area (Å²) < 4.78 is 1.57. The van der Waals surface area contributed by atoms with Gasteiger partial charge in [0.15, 0.2) is 0 Å². The van der Waals surface area contributed by atoms with E-state index >= 15 is 0 Å². The molecule has 1 saturated heterocycles. The zero-order chi connectivity index (χ0) is 24.4. The van der Waals surface area contributed by atoms with Gasteiger partial charge in [0.2, 0.25) is 0 Å². The van der Waals surface area contributed by atoms with Crippen LogP contribution < -0.4 is 15.8 Å². The van der Waals surface area contributed by atoms with E-state index in [1.54, 1.807) is 22.7 Å². The van der Waals surface area contributed by atoms with Crippen LogP contribution in [0.3, 0.4) is 0 Å². The molecule has 2 fully saturated rings. The number of piperazine rings is 1. The maximum Gasteiger partial charge on any atom is 0.267 e. The van der Waals surface area contributed by atoms with Crippen LogP contribution in [0.1, 0.15) is 47.3 Å². The predicted octanol–water partition coefficient (Wildman–Crippen LogP) is 2.36. The molecule has 1 aliphatic carbocycles. The van der Waals surface area contributed by atoms with Crippen molar-refractivity contribution in [3.63, 3.8) is 0 Å². The SMILES string of the molecule is Cc1ccc(N2CCN(Cc3cc(C(=O)N[C@H]4CCCC[C@@H]4O)c(=O)n4ccccc34)CC2)cn1. The van der Waals surface area contributed by atoms with Gasteiger partial charge in [0.25, 0.3) is 11.5 Å². The summed E-state index contributed by atoms with van der Waals surface area (Å²) in [6, 6.07) is 11.2. The van der Waals surface area contributed by atoms with Gasteiger partial charge in [-0.3, -0.25) is 23.9 Å². The number of rotatable bonds is 5. The molecule has 4 heterocycles. The maximum atomic E-state index is 13.2. The van der Waals surface area contributed by atoms with Gasteiger partial charge in [-0.05, 0) is 55.7 Å². The molecule has 3 aromatic heterocycles. The van der Waals surface area contributed by atoms with Crippen molar-refractivity contribution in [2.45, 2.75) is 51.3 Å². The van der Waals surface area contributed by atoms with Gasteiger partial charge in [0, 0.05) is 44.6 Å². The lowest BCUT2D eigenvalue weighted by molar-refractivity contribution is 0.0716. The molecule has 0 spiro atoms. The Morgan fingerprint density at radius 3 is 2.66 bits per heavy atom. The number of anilines is 1. The van der Waals surface area contributed by atoms with E-state index in [4.69, 9.17) is 0 Å². The van der Waals surface area contributed by atoms with Crippen molar-refractivity contribution in [2.24, 2.45) is 0 Å². The quantitative estimate of drug-likeness (QED) is 0.589. The van der Waals surface area contributed by atoms with Crippen LogP contribution in [0.2, 0.25) is 0 Å². The number of aromatic nitrogens is 2. The monoisotopic (exact) mass is 475 g/mol. The Bertz CT molecular complexity index is 1250. The molecular formula is C27H33N5O3. The number of aliphatic hydroxyl groups is 1. The van der Waals surface area contributed by atoms with Crippen LogP contribution in [0.4, 0.5) is 5.69 Å². The fourth-order valence-electron chi connectivity index (χ4n) is 5.19. The minimum absolute atomic E-state index is 0.130. The first-order chi connectivity index (χ1) is 17.0. The zero-order valence-corrected chi connectivity index (χ0v) is 20.2. The van der Waals surface area contributed by atoms with Gasteiger partial charge in [-0.15, -0.1) is 0 Å². The van der Waals surface area contributed by atoms with E-state index in [-0.39, 0.29) is 17.2 Å². The van der Waals surface area contributed by atoms with Gasteiger partial charge in [-0.1, -0.05) is 18.9 Å². The van der Waals surface area contributed by atoms with E-state index in [1.807, 2.05) is 31.3 Å². The summed E-state index contributed by atoms with van der Waals surface area (Å²) in [5.74, 6) is -0.405. The van der Waals surface area contributed by atoms with Gasteiger partial charge >= 0.3 is 0 Å². The van der Waals surface area contributed by atoms with Crippen LogP contribution in [-0.4, -0.2) is 63.6 Å². The van der Waals surface area contributed by atoms with E-state index < -0.39 is 12.0 Å². The van der Waals surface area contributed by atoms with E-state index in [9.17, 15) is 14.7 Å². The Balaban J connectivity index is 1.35. The van der Waals surface area contributed by atoms with Gasteiger partial charge < -0.3 is 15.3 Å². The number of aryl methyl sites for hydroxylation is 1. The van der Waals surface area contributed by atoms with Crippen LogP contribution in [0.5, 0.6) is 0 Å². The van der Waals surface area contributed by atoms with Crippen molar-refractivity contribution in [2.75, 3.05) is 31.1 Å². The van der Waals surface area contributed by atoms with Crippen molar-refractivity contribution in [1.29, 1.82) is 0 Å². The van der Waals surface area contributed by atoms with Crippen molar-refractivity contribution in [3.05, 3.63) is 76.0 Å². The van der Waals surface area contributed by atoms with Gasteiger partial charge in [-0.2, -0.15) is 0 Å². The van der Waals surface area contributed by atoms with Gasteiger partial charge in [0.1, 0.15) is 5.56 Å². The molecule has 2 atom stereocenters. The minimum atomic E-state index is -0.560. The van der Waals surface area contributed by atoms with Crippen molar-refractivity contribution in [1.82, 2.24) is 19.6 Å². The first-order valence-electron chi connectivity index (χ1n) is 12.5.